The quantitative estimate of drug-likeness (QED) is 0.806. The third kappa shape index (κ3) is 2.58. The minimum absolute atomic E-state index is 0.00842. The van der Waals surface area contributed by atoms with Crippen molar-refractivity contribution in [1.82, 2.24) is 4.90 Å². The summed E-state index contributed by atoms with van der Waals surface area (Å²) in [6.07, 6.45) is 1.78. The lowest BCUT2D eigenvalue weighted by Gasteiger charge is -2.29. The van der Waals surface area contributed by atoms with Gasteiger partial charge in [-0.2, -0.15) is 0 Å². The van der Waals surface area contributed by atoms with E-state index in [0.29, 0.717) is 25.3 Å². The molecule has 0 radical (unpaired) electrons. The van der Waals surface area contributed by atoms with Gasteiger partial charge in [-0.05, 0) is 36.0 Å². The van der Waals surface area contributed by atoms with Crippen LogP contribution in [0.4, 0.5) is 0 Å². The second-order valence-electron chi connectivity index (χ2n) is 6.71. The highest BCUT2D eigenvalue weighted by Gasteiger charge is 2.39. The highest BCUT2D eigenvalue weighted by Crippen LogP contribution is 2.31. The molecule has 1 heterocycles. The van der Waals surface area contributed by atoms with Gasteiger partial charge in [0, 0.05) is 18.5 Å². The summed E-state index contributed by atoms with van der Waals surface area (Å²) in [7, 11) is 0. The molecule has 2 aliphatic rings. The van der Waals surface area contributed by atoms with E-state index in [1.54, 1.807) is 4.90 Å². The van der Waals surface area contributed by atoms with Gasteiger partial charge in [-0.3, -0.25) is 14.4 Å². The SMILES string of the molecule is CC(C)Cc1cccc2c1CN(C1CCC(=O)CC1=O)C2=O. The van der Waals surface area contributed by atoms with E-state index in [1.807, 2.05) is 12.1 Å². The van der Waals surface area contributed by atoms with Crippen molar-refractivity contribution in [2.45, 2.75) is 52.1 Å². The van der Waals surface area contributed by atoms with Crippen LogP contribution in [0, 0.1) is 5.92 Å². The molecule has 0 spiro atoms. The molecule has 4 heteroatoms. The molecule has 1 fully saturated rings. The van der Waals surface area contributed by atoms with Crippen LogP contribution in [0.1, 0.15) is 54.6 Å². The van der Waals surface area contributed by atoms with Crippen LogP contribution >= 0.6 is 0 Å². The maximum atomic E-state index is 12.6. The Morgan fingerprint density at radius 3 is 2.68 bits per heavy atom. The molecule has 0 aromatic heterocycles. The van der Waals surface area contributed by atoms with E-state index in [2.05, 4.69) is 19.9 Å². The Hall–Kier alpha value is -1.97. The highest BCUT2D eigenvalue weighted by molar-refractivity contribution is 6.07. The summed E-state index contributed by atoms with van der Waals surface area (Å²) in [5.41, 5.74) is 2.98. The molecule has 0 bridgehead atoms. The number of nitrogens with zero attached hydrogens (tertiary/aromatic N) is 1. The van der Waals surface area contributed by atoms with Crippen LogP contribution in [0.5, 0.6) is 0 Å². The lowest BCUT2D eigenvalue weighted by molar-refractivity contribution is -0.133. The number of rotatable bonds is 3. The maximum Gasteiger partial charge on any atom is 0.255 e. The molecule has 3 rings (SSSR count). The molecular formula is C18H21NO3. The van der Waals surface area contributed by atoms with Crippen LogP contribution in [-0.2, 0) is 22.6 Å². The molecule has 1 aromatic carbocycles. The molecular weight excluding hydrogens is 278 g/mol. The molecule has 0 N–H and O–H groups in total. The number of fused-ring (bicyclic) bond motifs is 1. The fraction of sp³-hybridized carbons (Fsp3) is 0.500. The first-order valence-electron chi connectivity index (χ1n) is 7.93. The van der Waals surface area contributed by atoms with Gasteiger partial charge in [0.25, 0.3) is 5.91 Å². The van der Waals surface area contributed by atoms with Gasteiger partial charge in [0.05, 0.1) is 12.5 Å². The number of ketones is 2. The Morgan fingerprint density at radius 2 is 2.00 bits per heavy atom. The van der Waals surface area contributed by atoms with E-state index < -0.39 is 6.04 Å². The van der Waals surface area contributed by atoms with E-state index in [9.17, 15) is 14.4 Å². The average molecular weight is 299 g/mol. The fourth-order valence-corrected chi connectivity index (χ4v) is 3.49. The predicted octanol–water partition coefficient (Wildman–Crippen LogP) is 2.53. The average Bonchev–Trinajstić information content (AvgIpc) is 2.77. The van der Waals surface area contributed by atoms with Gasteiger partial charge in [-0.25, -0.2) is 0 Å². The third-order valence-electron chi connectivity index (χ3n) is 4.54. The molecule has 1 aliphatic heterocycles. The monoisotopic (exact) mass is 299 g/mol. The zero-order chi connectivity index (χ0) is 15.9. The Balaban J connectivity index is 1.88. The van der Waals surface area contributed by atoms with E-state index in [0.717, 1.165) is 17.5 Å². The van der Waals surface area contributed by atoms with E-state index in [1.165, 1.54) is 5.56 Å². The summed E-state index contributed by atoms with van der Waals surface area (Å²) in [5.74, 6) is 0.339. The van der Waals surface area contributed by atoms with Crippen LogP contribution in [-0.4, -0.2) is 28.4 Å². The summed E-state index contributed by atoms with van der Waals surface area (Å²) in [6.45, 7) is 4.82. The standard InChI is InChI=1S/C18H21NO3/c1-11(2)8-12-4-3-5-14-15(12)10-19(18(14)22)16-7-6-13(20)9-17(16)21/h3-5,11,16H,6-10H2,1-2H3. The first-order chi connectivity index (χ1) is 10.5. The second kappa shape index (κ2) is 5.67. The third-order valence-corrected chi connectivity index (χ3v) is 4.54. The van der Waals surface area contributed by atoms with Gasteiger partial charge in [-0.1, -0.05) is 26.0 Å². The summed E-state index contributed by atoms with van der Waals surface area (Å²) >= 11 is 0. The predicted molar refractivity (Wildman–Crippen MR) is 82.5 cm³/mol. The van der Waals surface area contributed by atoms with Crippen molar-refractivity contribution in [1.29, 1.82) is 0 Å². The zero-order valence-corrected chi connectivity index (χ0v) is 13.1. The smallest absolute Gasteiger partial charge is 0.255 e. The first-order valence-corrected chi connectivity index (χ1v) is 7.93. The van der Waals surface area contributed by atoms with Crippen LogP contribution in [0.2, 0.25) is 0 Å². The minimum Gasteiger partial charge on any atom is -0.324 e. The summed E-state index contributed by atoms with van der Waals surface area (Å²) < 4.78 is 0. The van der Waals surface area contributed by atoms with E-state index in [4.69, 9.17) is 0 Å². The largest absolute Gasteiger partial charge is 0.324 e. The van der Waals surface area contributed by atoms with E-state index >= 15 is 0 Å². The molecule has 1 atom stereocenters. The molecule has 1 unspecified atom stereocenters. The minimum atomic E-state index is -0.426. The molecule has 1 amide bonds. The second-order valence-corrected chi connectivity index (χ2v) is 6.71. The molecule has 0 saturated heterocycles. The van der Waals surface area contributed by atoms with Crippen molar-refractivity contribution in [2.24, 2.45) is 5.92 Å². The topological polar surface area (TPSA) is 54.5 Å². The van der Waals surface area contributed by atoms with Gasteiger partial charge in [0.2, 0.25) is 0 Å². The Labute approximate surface area is 130 Å². The molecule has 4 nitrogen and oxygen atoms in total. The van der Waals surface area contributed by atoms with Crippen LogP contribution in [0.25, 0.3) is 0 Å². The normalized spacial score (nSPS) is 21.7. The van der Waals surface area contributed by atoms with Crippen molar-refractivity contribution in [3.63, 3.8) is 0 Å². The molecule has 1 aromatic rings. The van der Waals surface area contributed by atoms with Gasteiger partial charge in [0.15, 0.2) is 5.78 Å². The van der Waals surface area contributed by atoms with Gasteiger partial charge >= 0.3 is 0 Å². The van der Waals surface area contributed by atoms with Crippen molar-refractivity contribution < 1.29 is 14.4 Å². The number of amides is 1. The molecule has 116 valence electrons. The zero-order valence-electron chi connectivity index (χ0n) is 13.1. The van der Waals surface area contributed by atoms with Crippen molar-refractivity contribution >= 4 is 17.5 Å². The lowest BCUT2D eigenvalue weighted by atomic mass is 9.92. The summed E-state index contributed by atoms with van der Waals surface area (Å²) in [6, 6.07) is 5.41. The van der Waals surface area contributed by atoms with Gasteiger partial charge < -0.3 is 4.90 Å². The number of hydrogen-bond donors (Lipinski definition) is 0. The molecule has 22 heavy (non-hydrogen) atoms. The van der Waals surface area contributed by atoms with E-state index in [-0.39, 0.29) is 23.9 Å². The van der Waals surface area contributed by atoms with Crippen LogP contribution in [0.3, 0.4) is 0 Å². The number of Topliss-reactive ketones (excluding diaryl/α,β-unsaturated/α-hetero) is 2. The number of benzene rings is 1. The van der Waals surface area contributed by atoms with Crippen LogP contribution in [0.15, 0.2) is 18.2 Å². The molecule has 1 aliphatic carbocycles. The van der Waals surface area contributed by atoms with Crippen LogP contribution < -0.4 is 0 Å². The number of carbonyl (C=O) groups excluding carboxylic acids is 3. The highest BCUT2D eigenvalue weighted by atomic mass is 16.2. The van der Waals surface area contributed by atoms with Crippen molar-refractivity contribution in [3.05, 3.63) is 34.9 Å². The summed E-state index contributed by atoms with van der Waals surface area (Å²) in [5, 5.41) is 0. The number of hydrogen-bond acceptors (Lipinski definition) is 3. The fourth-order valence-electron chi connectivity index (χ4n) is 3.49. The number of carbonyl (C=O) groups is 3. The van der Waals surface area contributed by atoms with Gasteiger partial charge in [-0.15, -0.1) is 0 Å². The van der Waals surface area contributed by atoms with Crippen molar-refractivity contribution in [2.75, 3.05) is 0 Å². The van der Waals surface area contributed by atoms with Gasteiger partial charge in [0.1, 0.15) is 5.78 Å². The Kier molecular flexibility index (Phi) is 3.85. The molecule has 1 saturated carbocycles. The Morgan fingerprint density at radius 1 is 1.23 bits per heavy atom. The lowest BCUT2D eigenvalue weighted by Crippen LogP contribution is -2.44. The maximum absolute atomic E-state index is 12.6. The summed E-state index contributed by atoms with van der Waals surface area (Å²) in [4.78, 5) is 37.8. The first kappa shape index (κ1) is 14.9. The van der Waals surface area contributed by atoms with Crippen molar-refractivity contribution in [3.8, 4) is 0 Å². The Bertz CT molecular complexity index is 648.